The van der Waals surface area contributed by atoms with Gasteiger partial charge in [0.05, 0.1) is 0 Å². The van der Waals surface area contributed by atoms with Gasteiger partial charge in [0.25, 0.3) is 0 Å². The lowest BCUT2D eigenvalue weighted by molar-refractivity contribution is -0.106. The fraction of sp³-hybridized carbons (Fsp3) is 0. The molecule has 2 aromatic carbocycles. The fourth-order valence-corrected chi connectivity index (χ4v) is 1.81. The summed E-state index contributed by atoms with van der Waals surface area (Å²) in [6.45, 7) is 0. The van der Waals surface area contributed by atoms with E-state index < -0.39 is 0 Å². The Morgan fingerprint density at radius 2 is 1.05 bits per heavy atom. The van der Waals surface area contributed by atoms with Crippen molar-refractivity contribution < 1.29 is 4.79 Å². The molecule has 1 heterocycles. The van der Waals surface area contributed by atoms with Crippen molar-refractivity contribution in [3.63, 3.8) is 0 Å². The second kappa shape index (κ2) is 7.44. The van der Waals surface area contributed by atoms with Gasteiger partial charge in [-0.3, -0.25) is 4.79 Å². The number of amides is 1. The maximum atomic E-state index is 8.58. The Hall–Kier alpha value is -3.15. The average Bonchev–Trinajstić information content (AvgIpc) is 2.57. The Labute approximate surface area is 121 Å². The summed E-state index contributed by atoms with van der Waals surface area (Å²) in [7, 11) is 0. The van der Waals surface area contributed by atoms with Gasteiger partial charge in [-0.2, -0.15) is 0 Å². The quantitative estimate of drug-likeness (QED) is 0.720. The van der Waals surface area contributed by atoms with E-state index in [0.29, 0.717) is 0 Å². The van der Waals surface area contributed by atoms with Crippen LogP contribution in [0.2, 0.25) is 0 Å². The van der Waals surface area contributed by atoms with E-state index in [1.807, 2.05) is 60.7 Å². The van der Waals surface area contributed by atoms with E-state index in [1.165, 1.54) is 0 Å². The van der Waals surface area contributed by atoms with Crippen LogP contribution in [0, 0.1) is 0 Å². The maximum Gasteiger partial charge on any atom is 0.204 e. The minimum Gasteiger partial charge on any atom is -0.372 e. The van der Waals surface area contributed by atoms with E-state index in [0.717, 1.165) is 22.5 Å². The van der Waals surface area contributed by atoms with Gasteiger partial charge >= 0.3 is 0 Å². The molecule has 2 N–H and O–H groups in total. The van der Waals surface area contributed by atoms with Crippen LogP contribution >= 0.6 is 0 Å². The van der Waals surface area contributed by atoms with E-state index in [2.05, 4.69) is 26.4 Å². The van der Waals surface area contributed by atoms with Gasteiger partial charge < -0.3 is 5.73 Å². The van der Waals surface area contributed by atoms with E-state index in [1.54, 1.807) is 0 Å². The Balaban J connectivity index is 0.000000497. The summed E-state index contributed by atoms with van der Waals surface area (Å²) in [5, 5.41) is 15.5. The van der Waals surface area contributed by atoms with Crippen LogP contribution in [0.25, 0.3) is 22.5 Å². The van der Waals surface area contributed by atoms with Crippen molar-refractivity contribution >= 4 is 6.41 Å². The minimum absolute atomic E-state index is 0.250. The van der Waals surface area contributed by atoms with Gasteiger partial charge in [-0.1, -0.05) is 60.7 Å². The molecule has 1 amide bonds. The van der Waals surface area contributed by atoms with E-state index in [9.17, 15) is 0 Å². The van der Waals surface area contributed by atoms with Crippen molar-refractivity contribution in [2.75, 3.05) is 0 Å². The molecule has 6 nitrogen and oxygen atoms in total. The smallest absolute Gasteiger partial charge is 0.204 e. The van der Waals surface area contributed by atoms with Gasteiger partial charge in [0.1, 0.15) is 11.4 Å². The standard InChI is InChI=1S/C14H10N4.CH3NO/c1-3-7-11(8-4-1)13-14(16-18-17-15-13)12-9-5-2-6-10-12;2-1-3/h1-10H;1H,(H2,2,3). The summed E-state index contributed by atoms with van der Waals surface area (Å²) in [6, 6.07) is 19.7. The van der Waals surface area contributed by atoms with Crippen molar-refractivity contribution in [3.05, 3.63) is 60.7 Å². The molecular formula is C15H13N5O. The number of rotatable bonds is 2. The van der Waals surface area contributed by atoms with Crippen LogP contribution in [0.15, 0.2) is 60.7 Å². The Morgan fingerprint density at radius 3 is 1.38 bits per heavy atom. The second-order valence-corrected chi connectivity index (χ2v) is 3.94. The lowest BCUT2D eigenvalue weighted by Gasteiger charge is -2.05. The van der Waals surface area contributed by atoms with Gasteiger partial charge in [-0.15, -0.1) is 10.2 Å². The number of aromatic nitrogens is 4. The van der Waals surface area contributed by atoms with E-state index >= 15 is 0 Å². The number of carbonyl (C=O) groups excluding carboxylic acids is 1. The fourth-order valence-electron chi connectivity index (χ4n) is 1.81. The zero-order valence-electron chi connectivity index (χ0n) is 11.1. The molecule has 0 saturated carbocycles. The van der Waals surface area contributed by atoms with Gasteiger partial charge in [0.15, 0.2) is 0 Å². The van der Waals surface area contributed by atoms with E-state index in [4.69, 9.17) is 4.79 Å². The highest BCUT2D eigenvalue weighted by atomic mass is 16.1. The third kappa shape index (κ3) is 3.66. The van der Waals surface area contributed by atoms with Crippen LogP contribution in [0.3, 0.4) is 0 Å². The molecule has 0 saturated heterocycles. The normalized spacial score (nSPS) is 9.33. The maximum absolute atomic E-state index is 8.58. The molecule has 3 aromatic rings. The first-order valence-electron chi connectivity index (χ1n) is 6.19. The molecule has 0 atom stereocenters. The molecular weight excluding hydrogens is 266 g/mol. The largest absolute Gasteiger partial charge is 0.372 e. The average molecular weight is 279 g/mol. The predicted molar refractivity (Wildman–Crippen MR) is 78.7 cm³/mol. The van der Waals surface area contributed by atoms with Crippen molar-refractivity contribution in [1.29, 1.82) is 0 Å². The van der Waals surface area contributed by atoms with Crippen LogP contribution < -0.4 is 5.73 Å². The summed E-state index contributed by atoms with van der Waals surface area (Å²) in [6.07, 6.45) is 0.250. The summed E-state index contributed by atoms with van der Waals surface area (Å²) in [5.41, 5.74) is 7.63. The van der Waals surface area contributed by atoms with Crippen molar-refractivity contribution in [3.8, 4) is 22.5 Å². The number of hydrogen-bond donors (Lipinski definition) is 1. The molecule has 1 aromatic heterocycles. The minimum atomic E-state index is 0.250. The highest BCUT2D eigenvalue weighted by Gasteiger charge is 2.10. The summed E-state index contributed by atoms with van der Waals surface area (Å²) in [5.74, 6) is 0. The molecule has 0 aliphatic carbocycles. The highest BCUT2D eigenvalue weighted by molar-refractivity contribution is 5.76. The molecule has 21 heavy (non-hydrogen) atoms. The third-order valence-corrected chi connectivity index (χ3v) is 2.65. The third-order valence-electron chi connectivity index (χ3n) is 2.65. The van der Waals surface area contributed by atoms with Crippen LogP contribution in [0.1, 0.15) is 0 Å². The molecule has 0 aliphatic heterocycles. The van der Waals surface area contributed by atoms with Gasteiger partial charge in [0, 0.05) is 11.1 Å². The SMILES string of the molecule is NC=O.c1ccc(-c2nnnnc2-c2ccccc2)cc1. The Morgan fingerprint density at radius 1 is 0.714 bits per heavy atom. The zero-order valence-corrected chi connectivity index (χ0v) is 11.1. The molecule has 0 radical (unpaired) electrons. The van der Waals surface area contributed by atoms with Gasteiger partial charge in [-0.05, 0) is 10.4 Å². The number of benzene rings is 2. The number of hydrogen-bond acceptors (Lipinski definition) is 5. The van der Waals surface area contributed by atoms with Crippen molar-refractivity contribution in [2.45, 2.75) is 0 Å². The van der Waals surface area contributed by atoms with Gasteiger partial charge in [-0.25, -0.2) is 0 Å². The lowest BCUT2D eigenvalue weighted by Crippen LogP contribution is -1.98. The zero-order chi connectivity index (χ0) is 14.9. The molecule has 0 bridgehead atoms. The van der Waals surface area contributed by atoms with Crippen LogP contribution in [0.5, 0.6) is 0 Å². The first kappa shape index (κ1) is 14.3. The molecule has 3 rings (SSSR count). The predicted octanol–water partition coefficient (Wildman–Crippen LogP) is 1.70. The van der Waals surface area contributed by atoms with Gasteiger partial charge in [0.2, 0.25) is 6.41 Å². The molecule has 0 unspecified atom stereocenters. The van der Waals surface area contributed by atoms with Crippen LogP contribution in [-0.4, -0.2) is 27.0 Å². The van der Waals surface area contributed by atoms with Crippen molar-refractivity contribution in [1.82, 2.24) is 20.6 Å². The van der Waals surface area contributed by atoms with E-state index in [-0.39, 0.29) is 6.41 Å². The highest BCUT2D eigenvalue weighted by Crippen LogP contribution is 2.26. The molecule has 104 valence electrons. The number of primary amides is 1. The molecule has 0 fully saturated rings. The monoisotopic (exact) mass is 279 g/mol. The molecule has 0 spiro atoms. The Kier molecular flexibility index (Phi) is 5.05. The number of nitrogens with zero attached hydrogens (tertiary/aromatic N) is 4. The van der Waals surface area contributed by atoms with Crippen LogP contribution in [-0.2, 0) is 4.79 Å². The molecule has 6 heteroatoms. The summed E-state index contributed by atoms with van der Waals surface area (Å²) >= 11 is 0. The topological polar surface area (TPSA) is 94.7 Å². The van der Waals surface area contributed by atoms with Crippen LogP contribution in [0.4, 0.5) is 0 Å². The summed E-state index contributed by atoms with van der Waals surface area (Å²) in [4.78, 5) is 8.58. The summed E-state index contributed by atoms with van der Waals surface area (Å²) < 4.78 is 0. The first-order chi connectivity index (χ1) is 10.4. The van der Waals surface area contributed by atoms with Crippen molar-refractivity contribution in [2.24, 2.45) is 5.73 Å². The second-order valence-electron chi connectivity index (χ2n) is 3.94. The number of carbonyl (C=O) groups is 1. The lowest BCUT2D eigenvalue weighted by atomic mass is 10.1. The number of nitrogens with two attached hydrogens (primary N) is 1. The first-order valence-corrected chi connectivity index (χ1v) is 6.19. The molecule has 0 aliphatic rings. The Bertz CT molecular complexity index is 630.